The number of hydrogen-bond acceptors (Lipinski definition) is 3. The molecule has 3 rings (SSSR count). The first-order chi connectivity index (χ1) is 11.1. The molecule has 1 aliphatic rings. The average Bonchev–Trinajstić information content (AvgIpc) is 2.55. The predicted octanol–water partition coefficient (Wildman–Crippen LogP) is 3.69. The summed E-state index contributed by atoms with van der Waals surface area (Å²) < 4.78 is 5.41. The Hall–Kier alpha value is -2.11. The van der Waals surface area contributed by atoms with Gasteiger partial charge in [0.25, 0.3) is 0 Å². The number of benzene rings is 1. The third-order valence-corrected chi connectivity index (χ3v) is 4.03. The molecule has 0 saturated heterocycles. The summed E-state index contributed by atoms with van der Waals surface area (Å²) >= 11 is 5.87. The van der Waals surface area contributed by atoms with Crippen molar-refractivity contribution < 1.29 is 9.53 Å². The van der Waals surface area contributed by atoms with E-state index in [0.717, 1.165) is 23.2 Å². The van der Waals surface area contributed by atoms with Crippen molar-refractivity contribution in [3.05, 3.63) is 58.4 Å². The smallest absolute Gasteiger partial charge is 0.319 e. The van der Waals surface area contributed by atoms with Crippen LogP contribution in [0.25, 0.3) is 0 Å². The topological polar surface area (TPSA) is 63.2 Å². The molecule has 2 aromatic rings. The molecule has 120 valence electrons. The van der Waals surface area contributed by atoms with Gasteiger partial charge in [0.15, 0.2) is 0 Å². The second kappa shape index (κ2) is 6.98. The Morgan fingerprint density at radius 1 is 1.35 bits per heavy atom. The number of ether oxygens (including phenoxy) is 1. The molecule has 0 fully saturated rings. The molecule has 2 amide bonds. The second-order valence-corrected chi connectivity index (χ2v) is 5.94. The Bertz CT molecular complexity index is 703. The molecule has 1 aliphatic heterocycles. The van der Waals surface area contributed by atoms with E-state index in [1.165, 1.54) is 0 Å². The zero-order chi connectivity index (χ0) is 16.2. The highest BCUT2D eigenvalue weighted by atomic mass is 35.5. The van der Waals surface area contributed by atoms with Gasteiger partial charge in [-0.25, -0.2) is 4.79 Å². The Balaban J connectivity index is 1.61. The molecule has 0 saturated carbocycles. The van der Waals surface area contributed by atoms with Crippen molar-refractivity contribution >= 4 is 23.3 Å². The molecule has 1 atom stereocenters. The zero-order valence-electron chi connectivity index (χ0n) is 12.8. The summed E-state index contributed by atoms with van der Waals surface area (Å²) in [7, 11) is 0. The van der Waals surface area contributed by atoms with Crippen LogP contribution in [-0.2, 0) is 17.8 Å². The maximum absolute atomic E-state index is 12.1. The van der Waals surface area contributed by atoms with Gasteiger partial charge in [-0.05, 0) is 30.7 Å². The first kappa shape index (κ1) is 15.8. The van der Waals surface area contributed by atoms with Crippen molar-refractivity contribution in [3.63, 3.8) is 0 Å². The highest BCUT2D eigenvalue weighted by Crippen LogP contribution is 2.19. The van der Waals surface area contributed by atoms with E-state index < -0.39 is 0 Å². The summed E-state index contributed by atoms with van der Waals surface area (Å²) in [4.78, 5) is 16.5. The number of hydrogen-bond donors (Lipinski definition) is 2. The Labute approximate surface area is 140 Å². The Morgan fingerprint density at radius 2 is 2.13 bits per heavy atom. The minimum atomic E-state index is -0.272. The fraction of sp³-hybridized carbons (Fsp3) is 0.294. The number of fused-ring (bicyclic) bond motifs is 1. The third-order valence-electron chi connectivity index (χ3n) is 3.78. The molecule has 0 bridgehead atoms. The number of nitrogens with zero attached hydrogens (tertiary/aromatic N) is 1. The van der Waals surface area contributed by atoms with Gasteiger partial charge in [-0.15, -0.1) is 0 Å². The number of anilines is 1. The van der Waals surface area contributed by atoms with E-state index in [-0.39, 0.29) is 12.1 Å². The minimum absolute atomic E-state index is 0.124. The van der Waals surface area contributed by atoms with Crippen LogP contribution in [0, 0.1) is 0 Å². The summed E-state index contributed by atoms with van der Waals surface area (Å²) in [5.41, 5.74) is 3.72. The summed E-state index contributed by atoms with van der Waals surface area (Å²) in [5.74, 6) is 0. The molecule has 1 aromatic heterocycles. The lowest BCUT2D eigenvalue weighted by atomic mass is 10.1. The van der Waals surface area contributed by atoms with E-state index in [0.29, 0.717) is 23.9 Å². The van der Waals surface area contributed by atoms with Crippen LogP contribution < -0.4 is 10.6 Å². The van der Waals surface area contributed by atoms with Crippen LogP contribution in [-0.4, -0.2) is 17.6 Å². The van der Waals surface area contributed by atoms with Crippen molar-refractivity contribution in [1.29, 1.82) is 0 Å². The number of aromatic nitrogens is 1. The third kappa shape index (κ3) is 4.00. The van der Waals surface area contributed by atoms with Crippen molar-refractivity contribution in [2.75, 3.05) is 11.9 Å². The van der Waals surface area contributed by atoms with Gasteiger partial charge in [-0.1, -0.05) is 23.7 Å². The molecule has 0 aliphatic carbocycles. The fourth-order valence-electron chi connectivity index (χ4n) is 2.51. The first-order valence-corrected chi connectivity index (χ1v) is 7.88. The molecule has 5 nitrogen and oxygen atoms in total. The zero-order valence-corrected chi connectivity index (χ0v) is 13.6. The van der Waals surface area contributed by atoms with Crippen LogP contribution in [0.4, 0.5) is 10.5 Å². The van der Waals surface area contributed by atoms with E-state index in [2.05, 4.69) is 15.6 Å². The lowest BCUT2D eigenvalue weighted by Gasteiger charge is -2.18. The van der Waals surface area contributed by atoms with Gasteiger partial charge in [0.2, 0.25) is 0 Å². The maximum Gasteiger partial charge on any atom is 0.319 e. The van der Waals surface area contributed by atoms with Crippen molar-refractivity contribution in [2.45, 2.75) is 26.0 Å². The van der Waals surface area contributed by atoms with Crippen LogP contribution in [0.3, 0.4) is 0 Å². The quantitative estimate of drug-likeness (QED) is 0.901. The normalized spacial score (nSPS) is 14.7. The van der Waals surface area contributed by atoms with Crippen LogP contribution in [0.2, 0.25) is 5.02 Å². The second-order valence-electron chi connectivity index (χ2n) is 5.50. The molecule has 1 aromatic carbocycles. The van der Waals surface area contributed by atoms with Crippen LogP contribution in [0.5, 0.6) is 0 Å². The molecule has 2 N–H and O–H groups in total. The average molecular weight is 332 g/mol. The number of urea groups is 1. The molecule has 6 heteroatoms. The minimum Gasteiger partial charge on any atom is -0.376 e. The van der Waals surface area contributed by atoms with E-state index in [1.807, 2.05) is 25.1 Å². The van der Waals surface area contributed by atoms with Crippen molar-refractivity contribution in [2.24, 2.45) is 0 Å². The predicted molar refractivity (Wildman–Crippen MR) is 89.6 cm³/mol. The number of rotatable bonds is 3. The van der Waals surface area contributed by atoms with Crippen LogP contribution in [0.15, 0.2) is 36.5 Å². The molecule has 23 heavy (non-hydrogen) atoms. The van der Waals surface area contributed by atoms with Gasteiger partial charge in [-0.2, -0.15) is 0 Å². The molecule has 2 heterocycles. The van der Waals surface area contributed by atoms with Crippen molar-refractivity contribution in [3.8, 4) is 0 Å². The standard InChI is InChI=1S/C17H18ClN3O2/c1-11(12-2-4-14(18)5-3-12)20-17(22)21-15-8-13-10-23-7-6-16(13)19-9-15/h2-5,8-9,11H,6-7,10H2,1H3,(H2,20,21,22)/t11-/m0/s1. The lowest BCUT2D eigenvalue weighted by molar-refractivity contribution is 0.109. The number of pyridine rings is 1. The summed E-state index contributed by atoms with van der Waals surface area (Å²) in [6.07, 6.45) is 2.49. The number of carbonyl (C=O) groups excluding carboxylic acids is 1. The monoisotopic (exact) mass is 331 g/mol. The van der Waals surface area contributed by atoms with Gasteiger partial charge in [0.05, 0.1) is 31.1 Å². The van der Waals surface area contributed by atoms with Gasteiger partial charge < -0.3 is 15.4 Å². The highest BCUT2D eigenvalue weighted by molar-refractivity contribution is 6.30. The summed E-state index contributed by atoms with van der Waals surface area (Å²) in [5, 5.41) is 6.38. The van der Waals surface area contributed by atoms with Gasteiger partial charge in [0, 0.05) is 22.7 Å². The summed E-state index contributed by atoms with van der Waals surface area (Å²) in [6.45, 7) is 3.16. The molecule has 0 unspecified atom stereocenters. The van der Waals surface area contributed by atoms with Crippen molar-refractivity contribution in [1.82, 2.24) is 10.3 Å². The first-order valence-electron chi connectivity index (χ1n) is 7.50. The molecular weight excluding hydrogens is 314 g/mol. The molecule has 0 spiro atoms. The summed E-state index contributed by atoms with van der Waals surface area (Å²) in [6, 6.07) is 8.91. The van der Waals surface area contributed by atoms with Gasteiger partial charge in [-0.3, -0.25) is 4.98 Å². The fourth-order valence-corrected chi connectivity index (χ4v) is 2.63. The van der Waals surface area contributed by atoms with Gasteiger partial charge >= 0.3 is 6.03 Å². The molecule has 0 radical (unpaired) electrons. The highest BCUT2D eigenvalue weighted by Gasteiger charge is 2.13. The largest absolute Gasteiger partial charge is 0.376 e. The number of carbonyl (C=O) groups is 1. The van der Waals surface area contributed by atoms with E-state index in [4.69, 9.17) is 16.3 Å². The van der Waals surface area contributed by atoms with E-state index in [1.54, 1.807) is 18.3 Å². The number of halogens is 1. The Kier molecular flexibility index (Phi) is 4.79. The lowest BCUT2D eigenvalue weighted by Crippen LogP contribution is -2.31. The SMILES string of the molecule is C[C@H](NC(=O)Nc1cnc2c(c1)COCC2)c1ccc(Cl)cc1. The van der Waals surface area contributed by atoms with Crippen LogP contribution >= 0.6 is 11.6 Å². The number of nitrogens with one attached hydrogen (secondary N) is 2. The van der Waals surface area contributed by atoms with E-state index >= 15 is 0 Å². The maximum atomic E-state index is 12.1. The van der Waals surface area contributed by atoms with Crippen LogP contribution in [0.1, 0.15) is 29.8 Å². The van der Waals surface area contributed by atoms with Gasteiger partial charge in [0.1, 0.15) is 0 Å². The van der Waals surface area contributed by atoms with E-state index in [9.17, 15) is 4.79 Å². The Morgan fingerprint density at radius 3 is 2.91 bits per heavy atom. The number of amides is 2. The molecular formula is C17H18ClN3O2.